The lowest BCUT2D eigenvalue weighted by Crippen LogP contribution is -2.08. The van der Waals surface area contributed by atoms with Crippen LogP contribution in [0.2, 0.25) is 5.02 Å². The van der Waals surface area contributed by atoms with E-state index < -0.39 is 0 Å². The third-order valence-electron chi connectivity index (χ3n) is 3.04. The molecule has 21 heavy (non-hydrogen) atoms. The van der Waals surface area contributed by atoms with E-state index in [0.717, 1.165) is 5.56 Å². The topological polar surface area (TPSA) is 30.5 Å². The molecule has 0 aliphatic carbocycles. The zero-order valence-corrected chi connectivity index (χ0v) is 12.7. The molecule has 0 aliphatic rings. The van der Waals surface area contributed by atoms with Gasteiger partial charge in [0.2, 0.25) is 0 Å². The van der Waals surface area contributed by atoms with Crippen molar-refractivity contribution in [1.29, 1.82) is 0 Å². The average molecular weight is 310 g/mol. The fraction of sp³-hybridized carbons (Fsp3) is 0.250. The first-order chi connectivity index (χ1) is 10.1. The van der Waals surface area contributed by atoms with E-state index in [4.69, 9.17) is 21.1 Å². The highest BCUT2D eigenvalue weighted by Gasteiger charge is 2.08. The summed E-state index contributed by atoms with van der Waals surface area (Å²) in [6.07, 6.45) is 0. The van der Waals surface area contributed by atoms with Crippen molar-refractivity contribution in [2.24, 2.45) is 0 Å². The molecule has 112 valence electrons. The van der Waals surface area contributed by atoms with Gasteiger partial charge in [-0.05, 0) is 25.2 Å². The zero-order chi connectivity index (χ0) is 15.2. The van der Waals surface area contributed by atoms with Gasteiger partial charge in [0.25, 0.3) is 0 Å². The van der Waals surface area contributed by atoms with Gasteiger partial charge in [0, 0.05) is 28.8 Å². The van der Waals surface area contributed by atoms with Gasteiger partial charge in [0.1, 0.15) is 23.9 Å². The third-order valence-corrected chi connectivity index (χ3v) is 3.27. The number of benzene rings is 2. The van der Waals surface area contributed by atoms with Crippen LogP contribution in [0, 0.1) is 5.82 Å². The summed E-state index contributed by atoms with van der Waals surface area (Å²) in [6, 6.07) is 10.1. The molecule has 3 nitrogen and oxygen atoms in total. The molecule has 1 N–H and O–H groups in total. The van der Waals surface area contributed by atoms with Crippen molar-refractivity contribution < 1.29 is 13.9 Å². The van der Waals surface area contributed by atoms with E-state index in [9.17, 15) is 4.39 Å². The van der Waals surface area contributed by atoms with Crippen LogP contribution in [-0.2, 0) is 13.2 Å². The van der Waals surface area contributed by atoms with Crippen LogP contribution >= 0.6 is 11.6 Å². The molecule has 0 unspecified atom stereocenters. The van der Waals surface area contributed by atoms with Crippen LogP contribution in [0.15, 0.2) is 36.4 Å². The summed E-state index contributed by atoms with van der Waals surface area (Å²) >= 11 is 5.73. The van der Waals surface area contributed by atoms with Crippen molar-refractivity contribution in [3.05, 3.63) is 58.4 Å². The highest BCUT2D eigenvalue weighted by molar-refractivity contribution is 6.30. The lowest BCUT2D eigenvalue weighted by atomic mass is 10.2. The quantitative estimate of drug-likeness (QED) is 0.880. The number of halogens is 2. The lowest BCUT2D eigenvalue weighted by Gasteiger charge is -2.13. The Bertz CT molecular complexity index is 619. The second kappa shape index (κ2) is 7.29. The second-order valence-electron chi connectivity index (χ2n) is 4.53. The van der Waals surface area contributed by atoms with Crippen molar-refractivity contribution in [1.82, 2.24) is 5.32 Å². The minimum Gasteiger partial charge on any atom is -0.497 e. The number of methoxy groups -OCH3 is 1. The van der Waals surface area contributed by atoms with Crippen LogP contribution in [0.4, 0.5) is 4.39 Å². The Morgan fingerprint density at radius 3 is 2.57 bits per heavy atom. The second-order valence-corrected chi connectivity index (χ2v) is 4.96. The Morgan fingerprint density at radius 2 is 1.90 bits per heavy atom. The lowest BCUT2D eigenvalue weighted by molar-refractivity contribution is 0.294. The largest absolute Gasteiger partial charge is 0.497 e. The molecule has 0 saturated heterocycles. The maximum atomic E-state index is 13.7. The maximum absolute atomic E-state index is 13.7. The van der Waals surface area contributed by atoms with Crippen LogP contribution < -0.4 is 14.8 Å². The molecule has 0 aromatic heterocycles. The summed E-state index contributed by atoms with van der Waals surface area (Å²) in [7, 11) is 3.45. The number of nitrogens with one attached hydrogen (secondary N) is 1. The Labute approximate surface area is 128 Å². The van der Waals surface area contributed by atoms with Crippen LogP contribution in [-0.4, -0.2) is 14.2 Å². The summed E-state index contributed by atoms with van der Waals surface area (Å²) in [4.78, 5) is 0. The van der Waals surface area contributed by atoms with Crippen molar-refractivity contribution >= 4 is 11.6 Å². The molecule has 5 heteroatoms. The van der Waals surface area contributed by atoms with Gasteiger partial charge >= 0.3 is 0 Å². The molecular weight excluding hydrogens is 293 g/mol. The minimum absolute atomic E-state index is 0.132. The molecule has 0 bridgehead atoms. The van der Waals surface area contributed by atoms with Crippen molar-refractivity contribution in [2.75, 3.05) is 14.2 Å². The van der Waals surface area contributed by atoms with E-state index in [1.54, 1.807) is 25.3 Å². The van der Waals surface area contributed by atoms with E-state index in [1.165, 1.54) is 6.07 Å². The summed E-state index contributed by atoms with van der Waals surface area (Å²) in [5.74, 6) is 0.986. The molecule has 0 heterocycles. The minimum atomic E-state index is -0.374. The fourth-order valence-corrected chi connectivity index (χ4v) is 2.09. The Balaban J connectivity index is 2.17. The van der Waals surface area contributed by atoms with E-state index in [1.807, 2.05) is 19.2 Å². The number of rotatable bonds is 6. The van der Waals surface area contributed by atoms with Crippen molar-refractivity contribution in [3.8, 4) is 11.5 Å². The molecule has 0 atom stereocenters. The Morgan fingerprint density at radius 1 is 1.14 bits per heavy atom. The van der Waals surface area contributed by atoms with Crippen molar-refractivity contribution in [3.63, 3.8) is 0 Å². The summed E-state index contributed by atoms with van der Waals surface area (Å²) in [5.41, 5.74) is 1.44. The van der Waals surface area contributed by atoms with Gasteiger partial charge in [0.05, 0.1) is 7.11 Å². The Hall–Kier alpha value is -1.78. The van der Waals surface area contributed by atoms with Crippen molar-refractivity contribution in [2.45, 2.75) is 13.2 Å². The SMILES string of the molecule is CNCc1ccc(OC)cc1OCc1ccc(Cl)cc1F. The molecule has 0 radical (unpaired) electrons. The van der Waals surface area contributed by atoms with Gasteiger partial charge in [-0.15, -0.1) is 0 Å². The molecule has 2 aromatic carbocycles. The van der Waals surface area contributed by atoms with Gasteiger partial charge in [-0.2, -0.15) is 0 Å². The smallest absolute Gasteiger partial charge is 0.131 e. The van der Waals surface area contributed by atoms with Gasteiger partial charge in [-0.1, -0.05) is 23.7 Å². The Kier molecular flexibility index (Phi) is 5.42. The molecule has 2 aromatic rings. The number of hydrogen-bond acceptors (Lipinski definition) is 3. The normalized spacial score (nSPS) is 10.5. The number of ether oxygens (including phenoxy) is 2. The molecule has 0 saturated carbocycles. The molecule has 2 rings (SSSR count). The summed E-state index contributed by atoms with van der Waals surface area (Å²) < 4.78 is 24.7. The number of hydrogen-bond donors (Lipinski definition) is 1. The van der Waals surface area contributed by atoms with Crippen LogP contribution in [0.3, 0.4) is 0 Å². The standard InChI is InChI=1S/C16H17ClFNO2/c1-19-9-11-4-6-14(20-2)8-16(11)21-10-12-3-5-13(17)7-15(12)18/h3-8,19H,9-10H2,1-2H3. The molecule has 0 amide bonds. The first-order valence-corrected chi connectivity index (χ1v) is 6.90. The average Bonchev–Trinajstić information content (AvgIpc) is 2.48. The first kappa shape index (κ1) is 15.6. The van der Waals surface area contributed by atoms with Gasteiger partial charge < -0.3 is 14.8 Å². The highest BCUT2D eigenvalue weighted by Crippen LogP contribution is 2.26. The monoisotopic (exact) mass is 309 g/mol. The maximum Gasteiger partial charge on any atom is 0.131 e. The van der Waals surface area contributed by atoms with Crippen LogP contribution in [0.5, 0.6) is 11.5 Å². The first-order valence-electron chi connectivity index (χ1n) is 6.52. The zero-order valence-electron chi connectivity index (χ0n) is 12.0. The molecule has 0 aliphatic heterocycles. The summed E-state index contributed by atoms with van der Waals surface area (Å²) in [5, 5.41) is 3.44. The van der Waals surface area contributed by atoms with E-state index in [-0.39, 0.29) is 12.4 Å². The molecule has 0 fully saturated rings. The highest BCUT2D eigenvalue weighted by atomic mass is 35.5. The van der Waals surface area contributed by atoms with E-state index in [2.05, 4.69) is 5.32 Å². The van der Waals surface area contributed by atoms with E-state index in [0.29, 0.717) is 28.6 Å². The van der Waals surface area contributed by atoms with Crippen LogP contribution in [0.25, 0.3) is 0 Å². The molecule has 0 spiro atoms. The van der Waals surface area contributed by atoms with Gasteiger partial charge in [0.15, 0.2) is 0 Å². The third kappa shape index (κ3) is 4.09. The predicted molar refractivity (Wildman–Crippen MR) is 81.5 cm³/mol. The van der Waals surface area contributed by atoms with Crippen LogP contribution in [0.1, 0.15) is 11.1 Å². The molecular formula is C16H17ClFNO2. The van der Waals surface area contributed by atoms with Gasteiger partial charge in [-0.3, -0.25) is 0 Å². The summed E-state index contributed by atoms with van der Waals surface area (Å²) in [6.45, 7) is 0.787. The van der Waals surface area contributed by atoms with E-state index >= 15 is 0 Å². The van der Waals surface area contributed by atoms with Gasteiger partial charge in [-0.25, -0.2) is 4.39 Å². The fourth-order valence-electron chi connectivity index (χ4n) is 1.93. The predicted octanol–water partition coefficient (Wildman–Crippen LogP) is 3.79.